The Morgan fingerprint density at radius 2 is 1.89 bits per heavy atom. The summed E-state index contributed by atoms with van der Waals surface area (Å²) in [6.45, 7) is 3.21. The van der Waals surface area contributed by atoms with Gasteiger partial charge >= 0.3 is 5.97 Å². The number of carbonyl (C=O) groups is 2. The van der Waals surface area contributed by atoms with Crippen molar-refractivity contribution in [2.24, 2.45) is 11.7 Å². The number of benzene rings is 1. The van der Waals surface area contributed by atoms with Gasteiger partial charge in [-0.05, 0) is 18.4 Å². The average Bonchev–Trinajstić information content (AvgIpc) is 2.65. The van der Waals surface area contributed by atoms with Gasteiger partial charge in [0.25, 0.3) is 0 Å². The lowest BCUT2D eigenvalue weighted by Gasteiger charge is -2.39. The number of nitrogens with zero attached hydrogens (tertiary/aromatic N) is 1. The summed E-state index contributed by atoms with van der Waals surface area (Å²) in [5, 5.41) is 19.8. The first kappa shape index (κ1) is 25.3. The zero-order valence-corrected chi connectivity index (χ0v) is 16.8. The number of aliphatic hydroxyl groups is 1. The van der Waals surface area contributed by atoms with E-state index >= 15 is 0 Å². The van der Waals surface area contributed by atoms with Crippen molar-refractivity contribution in [3.63, 3.8) is 0 Å². The van der Waals surface area contributed by atoms with Crippen molar-refractivity contribution in [3.8, 4) is 0 Å². The molecule has 4 N–H and O–H groups in total. The molecule has 0 spiro atoms. The third kappa shape index (κ3) is 7.10. The third-order valence-electron chi connectivity index (χ3n) is 4.37. The lowest BCUT2D eigenvalue weighted by molar-refractivity contribution is -0.238. The van der Waals surface area contributed by atoms with Gasteiger partial charge in [0, 0.05) is 18.9 Å². The van der Waals surface area contributed by atoms with Crippen LogP contribution in [0.5, 0.6) is 0 Å². The number of carboxylic acids is 1. The van der Waals surface area contributed by atoms with Crippen LogP contribution in [0.3, 0.4) is 0 Å². The summed E-state index contributed by atoms with van der Waals surface area (Å²) >= 11 is 0. The SMILES string of the molecule is CCCCCON(C(=O)CCc1ccccc1)[C@](N)(C(=O)O)[C@H](C)CO.Cl. The number of carboxylic acid groups (broad SMARTS) is 1. The summed E-state index contributed by atoms with van der Waals surface area (Å²) in [5.41, 5.74) is 4.87. The van der Waals surface area contributed by atoms with Crippen molar-refractivity contribution in [1.29, 1.82) is 0 Å². The zero-order chi connectivity index (χ0) is 19.6. The molecule has 0 aliphatic carbocycles. The first-order chi connectivity index (χ1) is 12.4. The van der Waals surface area contributed by atoms with Crippen LogP contribution in [0.15, 0.2) is 30.3 Å². The number of aryl methyl sites for hydroxylation is 1. The predicted molar refractivity (Wildman–Crippen MR) is 105 cm³/mol. The molecular weight excluding hydrogens is 372 g/mol. The Kier molecular flexibility index (Phi) is 11.9. The first-order valence-electron chi connectivity index (χ1n) is 9.00. The van der Waals surface area contributed by atoms with E-state index in [0.717, 1.165) is 23.5 Å². The smallest absolute Gasteiger partial charge is 0.347 e. The summed E-state index contributed by atoms with van der Waals surface area (Å²) < 4.78 is 0. The molecule has 0 saturated carbocycles. The Hall–Kier alpha value is -1.67. The lowest BCUT2D eigenvalue weighted by Crippen LogP contribution is -2.67. The second kappa shape index (κ2) is 12.7. The molecule has 0 heterocycles. The molecule has 0 aliphatic rings. The lowest BCUT2D eigenvalue weighted by atomic mass is 9.94. The number of hydrogen-bond donors (Lipinski definition) is 3. The molecule has 27 heavy (non-hydrogen) atoms. The van der Waals surface area contributed by atoms with E-state index in [1.54, 1.807) is 0 Å². The zero-order valence-electron chi connectivity index (χ0n) is 16.0. The van der Waals surface area contributed by atoms with Gasteiger partial charge in [-0.1, -0.05) is 57.0 Å². The van der Waals surface area contributed by atoms with Crippen LogP contribution in [0.4, 0.5) is 0 Å². The van der Waals surface area contributed by atoms with Crippen LogP contribution in [0.2, 0.25) is 0 Å². The minimum absolute atomic E-state index is 0. The second-order valence-electron chi connectivity index (χ2n) is 6.43. The maximum absolute atomic E-state index is 12.7. The molecule has 8 heteroatoms. The summed E-state index contributed by atoms with van der Waals surface area (Å²) in [7, 11) is 0. The van der Waals surface area contributed by atoms with Crippen molar-refractivity contribution in [2.45, 2.75) is 51.6 Å². The molecule has 1 aromatic rings. The van der Waals surface area contributed by atoms with Crippen LogP contribution in [-0.2, 0) is 20.8 Å². The van der Waals surface area contributed by atoms with E-state index in [4.69, 9.17) is 10.6 Å². The highest BCUT2D eigenvalue weighted by molar-refractivity contribution is 5.86. The maximum Gasteiger partial charge on any atom is 0.347 e. The van der Waals surface area contributed by atoms with Crippen LogP contribution < -0.4 is 5.73 Å². The third-order valence-corrected chi connectivity index (χ3v) is 4.37. The molecule has 0 saturated heterocycles. The fraction of sp³-hybridized carbons (Fsp3) is 0.579. The molecule has 7 nitrogen and oxygen atoms in total. The van der Waals surface area contributed by atoms with Gasteiger partial charge in [0.1, 0.15) is 0 Å². The standard InChI is InChI=1S/C19H30N2O5.ClH/c1-3-4-8-13-26-21(19(20,18(24)25)15(2)14-22)17(23)12-11-16-9-6-5-7-10-16;/h5-7,9-10,15,22H,3-4,8,11-14,20H2,1-2H3,(H,24,25);1H/t15-,19+;/m1./s1. The van der Waals surface area contributed by atoms with Gasteiger partial charge in [0.05, 0.1) is 6.61 Å². The summed E-state index contributed by atoms with van der Waals surface area (Å²) in [5.74, 6) is -2.83. The van der Waals surface area contributed by atoms with E-state index in [1.807, 2.05) is 37.3 Å². The molecule has 0 aliphatic heterocycles. The van der Waals surface area contributed by atoms with Gasteiger partial charge in [-0.15, -0.1) is 12.4 Å². The molecule has 1 aromatic carbocycles. The largest absolute Gasteiger partial charge is 0.478 e. The molecule has 1 amide bonds. The number of hydrogen-bond acceptors (Lipinski definition) is 5. The first-order valence-corrected chi connectivity index (χ1v) is 9.00. The molecule has 1 rings (SSSR count). The highest BCUT2D eigenvalue weighted by Gasteiger charge is 2.49. The van der Waals surface area contributed by atoms with Gasteiger partial charge in [-0.25, -0.2) is 4.79 Å². The Labute approximate surface area is 166 Å². The number of halogens is 1. The van der Waals surface area contributed by atoms with Crippen LogP contribution in [0, 0.1) is 5.92 Å². The Balaban J connectivity index is 0.00000676. The van der Waals surface area contributed by atoms with E-state index in [0.29, 0.717) is 12.8 Å². The van der Waals surface area contributed by atoms with Crippen molar-refractivity contribution in [2.75, 3.05) is 13.2 Å². The predicted octanol–water partition coefficient (Wildman–Crippen LogP) is 2.36. The minimum atomic E-state index is -2.13. The number of hydroxylamine groups is 2. The number of carbonyl (C=O) groups excluding carboxylic acids is 1. The molecule has 0 aromatic heterocycles. The molecule has 0 unspecified atom stereocenters. The van der Waals surface area contributed by atoms with Gasteiger partial charge in [0.2, 0.25) is 11.6 Å². The topological polar surface area (TPSA) is 113 Å². The second-order valence-corrected chi connectivity index (χ2v) is 6.43. The van der Waals surface area contributed by atoms with E-state index in [9.17, 15) is 19.8 Å². The summed E-state index contributed by atoms with van der Waals surface area (Å²) in [6.07, 6.45) is 3.04. The van der Waals surface area contributed by atoms with Crippen LogP contribution >= 0.6 is 12.4 Å². The number of nitrogens with two attached hydrogens (primary N) is 1. The molecule has 0 radical (unpaired) electrons. The average molecular weight is 403 g/mol. The molecule has 154 valence electrons. The molecular formula is C19H31ClN2O5. The quantitative estimate of drug-likeness (QED) is 0.281. The van der Waals surface area contributed by atoms with Crippen molar-refractivity contribution in [1.82, 2.24) is 5.06 Å². The molecule has 2 atom stereocenters. The minimum Gasteiger partial charge on any atom is -0.478 e. The number of amides is 1. The van der Waals surface area contributed by atoms with Crippen LogP contribution in [0.25, 0.3) is 0 Å². The van der Waals surface area contributed by atoms with Crippen LogP contribution in [-0.4, -0.2) is 46.0 Å². The van der Waals surface area contributed by atoms with E-state index < -0.39 is 30.1 Å². The number of aliphatic carboxylic acids is 1. The fourth-order valence-electron chi connectivity index (χ4n) is 2.53. The highest BCUT2D eigenvalue weighted by Crippen LogP contribution is 2.23. The number of aliphatic hydroxyl groups excluding tert-OH is 1. The Morgan fingerprint density at radius 3 is 2.41 bits per heavy atom. The van der Waals surface area contributed by atoms with E-state index in [2.05, 4.69) is 0 Å². The molecule has 0 fully saturated rings. The van der Waals surface area contributed by atoms with Crippen LogP contribution in [0.1, 0.15) is 45.1 Å². The van der Waals surface area contributed by atoms with E-state index in [1.165, 1.54) is 6.92 Å². The summed E-state index contributed by atoms with van der Waals surface area (Å²) in [4.78, 5) is 30.1. The van der Waals surface area contributed by atoms with Gasteiger partial charge in [-0.3, -0.25) is 15.4 Å². The van der Waals surface area contributed by atoms with Crippen molar-refractivity contribution in [3.05, 3.63) is 35.9 Å². The Morgan fingerprint density at radius 1 is 1.26 bits per heavy atom. The highest BCUT2D eigenvalue weighted by atomic mass is 35.5. The number of unbranched alkanes of at least 4 members (excludes halogenated alkanes) is 2. The van der Waals surface area contributed by atoms with Gasteiger partial charge in [-0.2, -0.15) is 5.06 Å². The molecule has 0 bridgehead atoms. The van der Waals surface area contributed by atoms with Gasteiger partial charge in [0.15, 0.2) is 0 Å². The van der Waals surface area contributed by atoms with E-state index in [-0.39, 0.29) is 25.4 Å². The summed E-state index contributed by atoms with van der Waals surface area (Å²) in [6, 6.07) is 9.41. The normalized spacial score (nSPS) is 13.9. The Bertz CT molecular complexity index is 572. The van der Waals surface area contributed by atoms with Crippen molar-refractivity contribution >= 4 is 24.3 Å². The van der Waals surface area contributed by atoms with Crippen molar-refractivity contribution < 1.29 is 24.6 Å². The number of rotatable bonds is 12. The van der Waals surface area contributed by atoms with Gasteiger partial charge < -0.3 is 10.2 Å². The monoisotopic (exact) mass is 402 g/mol. The fourth-order valence-corrected chi connectivity index (χ4v) is 2.53. The maximum atomic E-state index is 12.7.